The number of benzene rings is 1. The monoisotopic (exact) mass is 389 g/mol. The number of aliphatic imine (C=N–C) groups is 1. The van der Waals surface area contributed by atoms with E-state index in [9.17, 15) is 0 Å². The zero-order valence-corrected chi connectivity index (χ0v) is 14.5. The third-order valence-electron chi connectivity index (χ3n) is 2.44. The molecule has 1 aromatic rings. The van der Waals surface area contributed by atoms with Crippen LogP contribution in [0.4, 0.5) is 0 Å². The minimum absolute atomic E-state index is 0. The Bertz CT molecular complexity index is 433. The SMILES string of the molecule is C=CCOc1ccccc1CN=C(N)NCC(C)C.I. The fraction of sp³-hybridized carbons (Fsp3) is 0.400. The van der Waals surface area contributed by atoms with Gasteiger partial charge in [-0.25, -0.2) is 4.99 Å². The average Bonchev–Trinajstić information content (AvgIpc) is 2.41. The van der Waals surface area contributed by atoms with Gasteiger partial charge in [-0.15, -0.1) is 24.0 Å². The van der Waals surface area contributed by atoms with E-state index in [-0.39, 0.29) is 24.0 Å². The molecule has 112 valence electrons. The Hall–Kier alpha value is -1.24. The number of rotatable bonds is 7. The number of hydrogen-bond acceptors (Lipinski definition) is 2. The minimum Gasteiger partial charge on any atom is -0.489 e. The molecule has 0 saturated carbocycles. The summed E-state index contributed by atoms with van der Waals surface area (Å²) < 4.78 is 5.57. The lowest BCUT2D eigenvalue weighted by atomic mass is 10.2. The number of nitrogens with zero attached hydrogens (tertiary/aromatic N) is 1. The Labute approximate surface area is 138 Å². The molecule has 0 atom stereocenters. The molecule has 0 unspecified atom stereocenters. The molecular weight excluding hydrogens is 365 g/mol. The summed E-state index contributed by atoms with van der Waals surface area (Å²) in [4.78, 5) is 4.31. The van der Waals surface area contributed by atoms with Crippen LogP contribution in [0.1, 0.15) is 19.4 Å². The summed E-state index contributed by atoms with van der Waals surface area (Å²) in [6.45, 7) is 9.70. The maximum Gasteiger partial charge on any atom is 0.188 e. The van der Waals surface area contributed by atoms with Crippen molar-refractivity contribution in [2.75, 3.05) is 13.2 Å². The molecule has 0 radical (unpaired) electrons. The average molecular weight is 389 g/mol. The van der Waals surface area contributed by atoms with Crippen molar-refractivity contribution in [2.24, 2.45) is 16.6 Å². The summed E-state index contributed by atoms with van der Waals surface area (Å²) in [7, 11) is 0. The number of guanidine groups is 1. The van der Waals surface area contributed by atoms with Gasteiger partial charge in [0.15, 0.2) is 5.96 Å². The van der Waals surface area contributed by atoms with Gasteiger partial charge in [0.1, 0.15) is 12.4 Å². The van der Waals surface area contributed by atoms with Crippen molar-refractivity contribution in [1.29, 1.82) is 0 Å². The summed E-state index contributed by atoms with van der Waals surface area (Å²) in [6, 6.07) is 7.80. The largest absolute Gasteiger partial charge is 0.489 e. The van der Waals surface area contributed by atoms with E-state index in [1.807, 2.05) is 24.3 Å². The maximum absolute atomic E-state index is 5.80. The molecule has 0 spiro atoms. The first kappa shape index (κ1) is 18.8. The second-order valence-electron chi connectivity index (χ2n) is 4.68. The van der Waals surface area contributed by atoms with Crippen LogP contribution >= 0.6 is 24.0 Å². The van der Waals surface area contributed by atoms with E-state index >= 15 is 0 Å². The van der Waals surface area contributed by atoms with Gasteiger partial charge in [-0.3, -0.25) is 0 Å². The van der Waals surface area contributed by atoms with Gasteiger partial charge in [0.2, 0.25) is 0 Å². The van der Waals surface area contributed by atoms with Gasteiger partial charge in [0, 0.05) is 12.1 Å². The molecule has 4 nitrogen and oxygen atoms in total. The number of para-hydroxylation sites is 1. The number of halogens is 1. The molecule has 0 fully saturated rings. The van der Waals surface area contributed by atoms with Crippen LogP contribution in [0.25, 0.3) is 0 Å². The maximum atomic E-state index is 5.80. The molecular formula is C15H24IN3O. The molecule has 3 N–H and O–H groups in total. The van der Waals surface area contributed by atoms with Crippen molar-refractivity contribution in [3.8, 4) is 5.75 Å². The molecule has 0 aromatic heterocycles. The molecule has 0 aliphatic heterocycles. The van der Waals surface area contributed by atoms with Gasteiger partial charge < -0.3 is 15.8 Å². The minimum atomic E-state index is 0. The Morgan fingerprint density at radius 3 is 2.80 bits per heavy atom. The first-order chi connectivity index (χ1) is 9.13. The zero-order valence-electron chi connectivity index (χ0n) is 12.1. The summed E-state index contributed by atoms with van der Waals surface area (Å²) >= 11 is 0. The molecule has 0 aliphatic rings. The summed E-state index contributed by atoms with van der Waals surface area (Å²) in [5.74, 6) is 1.83. The van der Waals surface area contributed by atoms with Gasteiger partial charge in [0.25, 0.3) is 0 Å². The lowest BCUT2D eigenvalue weighted by Crippen LogP contribution is -2.34. The van der Waals surface area contributed by atoms with Crippen LogP contribution in [0.15, 0.2) is 41.9 Å². The molecule has 0 saturated heterocycles. The number of nitrogens with two attached hydrogens (primary N) is 1. The van der Waals surface area contributed by atoms with E-state index in [0.717, 1.165) is 17.9 Å². The fourth-order valence-corrected chi connectivity index (χ4v) is 1.46. The van der Waals surface area contributed by atoms with Crippen LogP contribution in [0.3, 0.4) is 0 Å². The Morgan fingerprint density at radius 2 is 2.15 bits per heavy atom. The lowest BCUT2D eigenvalue weighted by Gasteiger charge is -2.10. The highest BCUT2D eigenvalue weighted by atomic mass is 127. The molecule has 0 aliphatic carbocycles. The first-order valence-corrected chi connectivity index (χ1v) is 6.49. The zero-order chi connectivity index (χ0) is 14.1. The fourth-order valence-electron chi connectivity index (χ4n) is 1.46. The third kappa shape index (κ3) is 7.37. The number of hydrogen-bond donors (Lipinski definition) is 2. The van der Waals surface area contributed by atoms with Crippen LogP contribution in [0, 0.1) is 5.92 Å². The summed E-state index contributed by atoms with van der Waals surface area (Å²) in [6.07, 6.45) is 1.72. The molecule has 5 heteroatoms. The highest BCUT2D eigenvalue weighted by Crippen LogP contribution is 2.18. The highest BCUT2D eigenvalue weighted by Gasteiger charge is 2.02. The van der Waals surface area contributed by atoms with Crippen molar-refractivity contribution >= 4 is 29.9 Å². The topological polar surface area (TPSA) is 59.6 Å². The molecule has 1 rings (SSSR count). The van der Waals surface area contributed by atoms with Gasteiger partial charge in [-0.1, -0.05) is 44.7 Å². The highest BCUT2D eigenvalue weighted by molar-refractivity contribution is 14.0. The van der Waals surface area contributed by atoms with Crippen molar-refractivity contribution in [1.82, 2.24) is 5.32 Å². The van der Waals surface area contributed by atoms with Crippen LogP contribution in [-0.4, -0.2) is 19.1 Å². The predicted molar refractivity (Wildman–Crippen MR) is 95.7 cm³/mol. The van der Waals surface area contributed by atoms with Crippen LogP contribution in [-0.2, 0) is 6.54 Å². The normalized spacial score (nSPS) is 10.8. The molecule has 20 heavy (non-hydrogen) atoms. The van der Waals surface area contributed by atoms with E-state index in [1.54, 1.807) is 6.08 Å². The molecule has 1 aromatic carbocycles. The standard InChI is InChI=1S/C15H23N3O.HI/c1-4-9-19-14-8-6-5-7-13(14)11-18-15(16)17-10-12(2)3;/h4-8,12H,1,9-11H2,2-3H3,(H3,16,17,18);1H. The van der Waals surface area contributed by atoms with Crippen LogP contribution < -0.4 is 15.8 Å². The Morgan fingerprint density at radius 1 is 1.45 bits per heavy atom. The molecule has 0 bridgehead atoms. The van der Waals surface area contributed by atoms with Gasteiger partial charge in [-0.05, 0) is 12.0 Å². The molecule has 0 amide bonds. The van der Waals surface area contributed by atoms with Gasteiger partial charge >= 0.3 is 0 Å². The van der Waals surface area contributed by atoms with Crippen molar-refractivity contribution in [3.05, 3.63) is 42.5 Å². The van der Waals surface area contributed by atoms with Gasteiger partial charge in [0.05, 0.1) is 6.54 Å². The van der Waals surface area contributed by atoms with Crippen LogP contribution in [0.5, 0.6) is 5.75 Å². The van der Waals surface area contributed by atoms with E-state index in [4.69, 9.17) is 10.5 Å². The Balaban J connectivity index is 0.00000361. The van der Waals surface area contributed by atoms with Crippen molar-refractivity contribution in [3.63, 3.8) is 0 Å². The predicted octanol–water partition coefficient (Wildman–Crippen LogP) is 2.93. The van der Waals surface area contributed by atoms with Crippen molar-refractivity contribution < 1.29 is 4.74 Å². The van der Waals surface area contributed by atoms with Gasteiger partial charge in [-0.2, -0.15) is 0 Å². The lowest BCUT2D eigenvalue weighted by molar-refractivity contribution is 0.359. The van der Waals surface area contributed by atoms with E-state index in [2.05, 4.69) is 30.7 Å². The second kappa shape index (κ2) is 10.5. The summed E-state index contributed by atoms with van der Waals surface area (Å²) in [5.41, 5.74) is 6.81. The van der Waals surface area contributed by atoms with E-state index < -0.39 is 0 Å². The Kier molecular flexibility index (Phi) is 9.88. The quantitative estimate of drug-likeness (QED) is 0.326. The van der Waals surface area contributed by atoms with E-state index in [0.29, 0.717) is 25.0 Å². The second-order valence-corrected chi connectivity index (χ2v) is 4.68. The smallest absolute Gasteiger partial charge is 0.188 e. The summed E-state index contributed by atoms with van der Waals surface area (Å²) in [5, 5.41) is 3.09. The number of nitrogens with one attached hydrogen (secondary N) is 1. The first-order valence-electron chi connectivity index (χ1n) is 6.49. The van der Waals surface area contributed by atoms with E-state index in [1.165, 1.54) is 0 Å². The van der Waals surface area contributed by atoms with Crippen LogP contribution in [0.2, 0.25) is 0 Å². The molecule has 0 heterocycles. The number of ether oxygens (including phenoxy) is 1. The third-order valence-corrected chi connectivity index (χ3v) is 2.44. The van der Waals surface area contributed by atoms with Crippen molar-refractivity contribution in [2.45, 2.75) is 20.4 Å².